The first-order chi connectivity index (χ1) is 8.72. The van der Waals surface area contributed by atoms with Crippen molar-refractivity contribution in [2.45, 2.75) is 0 Å². The van der Waals surface area contributed by atoms with Crippen LogP contribution in [-0.2, 0) is 0 Å². The van der Waals surface area contributed by atoms with Crippen molar-refractivity contribution in [2.24, 2.45) is 0 Å². The number of hydrogen-bond acceptors (Lipinski definition) is 3. The van der Waals surface area contributed by atoms with E-state index in [1.54, 1.807) is 18.2 Å². The highest BCUT2D eigenvalue weighted by Gasteiger charge is 2.06. The Balaban J connectivity index is 2.28. The highest BCUT2D eigenvalue weighted by atomic mass is 19.1. The van der Waals surface area contributed by atoms with Gasteiger partial charge in [-0.2, -0.15) is 5.26 Å². The number of rotatable bonds is 3. The normalized spacial score (nSPS) is 9.56. The molecule has 0 atom stereocenters. The van der Waals surface area contributed by atoms with Gasteiger partial charge < -0.3 is 4.74 Å². The largest absolute Gasteiger partial charge is 0.454 e. The van der Waals surface area contributed by atoms with Crippen molar-refractivity contribution >= 4 is 6.29 Å². The zero-order valence-corrected chi connectivity index (χ0v) is 9.26. The fraction of sp³-hybridized carbons (Fsp3) is 0. The van der Waals surface area contributed by atoms with Crippen molar-refractivity contribution in [3.05, 3.63) is 59.4 Å². The van der Waals surface area contributed by atoms with Crippen LogP contribution in [0.3, 0.4) is 0 Å². The Morgan fingerprint density at radius 3 is 2.72 bits per heavy atom. The number of nitriles is 1. The summed E-state index contributed by atoms with van der Waals surface area (Å²) in [5.74, 6) is -0.245. The zero-order valence-electron chi connectivity index (χ0n) is 9.26. The molecular formula is C14H8FNO2. The predicted octanol–water partition coefficient (Wildman–Crippen LogP) is 3.30. The molecule has 0 aliphatic carbocycles. The van der Waals surface area contributed by atoms with Gasteiger partial charge in [0.15, 0.2) is 11.6 Å². The molecule has 0 fully saturated rings. The second-order valence-electron chi connectivity index (χ2n) is 3.55. The predicted molar refractivity (Wildman–Crippen MR) is 63.0 cm³/mol. The maximum atomic E-state index is 13.6. The molecule has 2 aromatic carbocycles. The van der Waals surface area contributed by atoms with Gasteiger partial charge in [-0.25, -0.2) is 4.39 Å². The molecule has 0 unspecified atom stereocenters. The Labute approximate surface area is 103 Å². The van der Waals surface area contributed by atoms with E-state index in [9.17, 15) is 9.18 Å². The Morgan fingerprint density at radius 1 is 1.22 bits per heavy atom. The second-order valence-corrected chi connectivity index (χ2v) is 3.55. The number of carbonyl (C=O) groups is 1. The van der Waals surface area contributed by atoms with E-state index in [2.05, 4.69) is 0 Å². The van der Waals surface area contributed by atoms with Gasteiger partial charge in [-0.3, -0.25) is 4.79 Å². The molecule has 0 N–H and O–H groups in total. The lowest BCUT2D eigenvalue weighted by Crippen LogP contribution is -1.90. The molecule has 0 aliphatic heterocycles. The molecule has 0 saturated heterocycles. The molecule has 3 nitrogen and oxygen atoms in total. The van der Waals surface area contributed by atoms with Crippen LogP contribution in [0.1, 0.15) is 15.9 Å². The van der Waals surface area contributed by atoms with Crippen molar-refractivity contribution in [3.8, 4) is 17.6 Å². The van der Waals surface area contributed by atoms with Gasteiger partial charge in [0.05, 0.1) is 11.6 Å². The Kier molecular flexibility index (Phi) is 3.35. The summed E-state index contributed by atoms with van der Waals surface area (Å²) in [4.78, 5) is 10.6. The summed E-state index contributed by atoms with van der Waals surface area (Å²) in [5.41, 5.74) is 0.669. The van der Waals surface area contributed by atoms with Gasteiger partial charge in [-0.05, 0) is 30.3 Å². The maximum absolute atomic E-state index is 13.6. The molecule has 0 spiro atoms. The summed E-state index contributed by atoms with van der Waals surface area (Å²) in [6.45, 7) is 0. The third kappa shape index (κ3) is 2.53. The van der Waals surface area contributed by atoms with E-state index in [0.29, 0.717) is 17.6 Å². The van der Waals surface area contributed by atoms with E-state index in [1.807, 2.05) is 6.07 Å². The van der Waals surface area contributed by atoms with Gasteiger partial charge in [0.25, 0.3) is 0 Å². The Bertz CT molecular complexity index is 632. The van der Waals surface area contributed by atoms with Crippen molar-refractivity contribution in [1.29, 1.82) is 5.26 Å². The Hall–Kier alpha value is -2.67. The average Bonchev–Trinajstić information content (AvgIpc) is 2.41. The summed E-state index contributed by atoms with van der Waals surface area (Å²) in [6.07, 6.45) is 0.683. The van der Waals surface area contributed by atoms with E-state index in [1.165, 1.54) is 18.2 Å². The number of halogens is 1. The molecule has 0 radical (unpaired) electrons. The third-order valence-electron chi connectivity index (χ3n) is 2.28. The van der Waals surface area contributed by atoms with Gasteiger partial charge >= 0.3 is 0 Å². The van der Waals surface area contributed by atoms with Crippen molar-refractivity contribution < 1.29 is 13.9 Å². The van der Waals surface area contributed by atoms with Gasteiger partial charge in [0, 0.05) is 5.56 Å². The van der Waals surface area contributed by atoms with E-state index in [4.69, 9.17) is 10.00 Å². The van der Waals surface area contributed by atoms with Crippen LogP contribution >= 0.6 is 0 Å². The molecule has 0 saturated carbocycles. The first-order valence-electron chi connectivity index (χ1n) is 5.15. The van der Waals surface area contributed by atoms with Crippen LogP contribution in [0.15, 0.2) is 42.5 Å². The molecule has 0 aliphatic rings. The maximum Gasteiger partial charge on any atom is 0.167 e. The second kappa shape index (κ2) is 5.11. The van der Waals surface area contributed by atoms with Gasteiger partial charge in [0.2, 0.25) is 0 Å². The highest BCUT2D eigenvalue weighted by molar-refractivity contribution is 5.75. The van der Waals surface area contributed by atoms with Crippen molar-refractivity contribution in [3.63, 3.8) is 0 Å². The summed E-state index contributed by atoms with van der Waals surface area (Å²) in [6, 6.07) is 12.1. The van der Waals surface area contributed by atoms with E-state index >= 15 is 0 Å². The molecule has 4 heteroatoms. The average molecular weight is 241 g/mol. The fourth-order valence-electron chi connectivity index (χ4n) is 1.43. The number of carbonyl (C=O) groups excluding carboxylic acids is 1. The van der Waals surface area contributed by atoms with E-state index < -0.39 is 5.82 Å². The molecule has 18 heavy (non-hydrogen) atoms. The summed E-state index contributed by atoms with van der Waals surface area (Å²) < 4.78 is 18.9. The number of ether oxygens (including phenoxy) is 1. The van der Waals surface area contributed by atoms with Crippen LogP contribution in [0.4, 0.5) is 4.39 Å². The third-order valence-corrected chi connectivity index (χ3v) is 2.28. The highest BCUT2D eigenvalue weighted by Crippen LogP contribution is 2.25. The smallest absolute Gasteiger partial charge is 0.167 e. The fourth-order valence-corrected chi connectivity index (χ4v) is 1.43. The molecule has 0 heterocycles. The number of hydrogen-bond donors (Lipinski definition) is 0. The standard InChI is InChI=1S/C14H8FNO2/c15-13-7-10(8-16)4-5-14(13)18-12-3-1-2-11(6-12)9-17/h1-7,9H. The molecule has 0 aromatic heterocycles. The van der Waals surface area contributed by atoms with Crippen LogP contribution in [0.2, 0.25) is 0 Å². The number of aldehydes is 1. The van der Waals surface area contributed by atoms with Crippen LogP contribution in [0.25, 0.3) is 0 Å². The SMILES string of the molecule is N#Cc1ccc(Oc2cccc(C=O)c2)c(F)c1. The van der Waals surface area contributed by atoms with Crippen LogP contribution < -0.4 is 4.74 Å². The van der Waals surface area contributed by atoms with Crippen LogP contribution in [0, 0.1) is 17.1 Å². The van der Waals surface area contributed by atoms with E-state index in [0.717, 1.165) is 6.07 Å². The summed E-state index contributed by atoms with van der Waals surface area (Å²) in [5, 5.41) is 8.61. The lowest BCUT2D eigenvalue weighted by atomic mass is 10.2. The lowest BCUT2D eigenvalue weighted by molar-refractivity contribution is 0.112. The number of nitrogens with zero attached hydrogens (tertiary/aromatic N) is 1. The summed E-state index contributed by atoms with van der Waals surface area (Å²) >= 11 is 0. The first-order valence-corrected chi connectivity index (χ1v) is 5.15. The molecule has 88 valence electrons. The first kappa shape index (κ1) is 11.8. The van der Waals surface area contributed by atoms with Crippen molar-refractivity contribution in [1.82, 2.24) is 0 Å². The zero-order chi connectivity index (χ0) is 13.0. The van der Waals surface area contributed by atoms with Gasteiger partial charge in [-0.15, -0.1) is 0 Å². The summed E-state index contributed by atoms with van der Waals surface area (Å²) in [7, 11) is 0. The van der Waals surface area contributed by atoms with Gasteiger partial charge in [0.1, 0.15) is 12.0 Å². The topological polar surface area (TPSA) is 50.1 Å². The minimum absolute atomic E-state index is 0.0112. The van der Waals surface area contributed by atoms with Crippen LogP contribution in [-0.4, -0.2) is 6.29 Å². The molecule has 0 amide bonds. The monoisotopic (exact) mass is 241 g/mol. The molecular weight excluding hydrogens is 233 g/mol. The molecule has 0 bridgehead atoms. The quantitative estimate of drug-likeness (QED) is 0.774. The van der Waals surface area contributed by atoms with E-state index in [-0.39, 0.29) is 11.3 Å². The minimum atomic E-state index is -0.620. The van der Waals surface area contributed by atoms with Crippen molar-refractivity contribution in [2.75, 3.05) is 0 Å². The van der Waals surface area contributed by atoms with Gasteiger partial charge in [-0.1, -0.05) is 12.1 Å². The minimum Gasteiger partial charge on any atom is -0.454 e. The molecule has 2 aromatic rings. The Morgan fingerprint density at radius 2 is 2.06 bits per heavy atom. The lowest BCUT2D eigenvalue weighted by Gasteiger charge is -2.07. The molecule has 2 rings (SSSR count). The van der Waals surface area contributed by atoms with Crippen LogP contribution in [0.5, 0.6) is 11.5 Å². The number of benzene rings is 2.